The molecule has 0 aromatic carbocycles. The van der Waals surface area contributed by atoms with Gasteiger partial charge < -0.3 is 0 Å². The monoisotopic (exact) mass is 195 g/mol. The van der Waals surface area contributed by atoms with E-state index in [2.05, 4.69) is 0 Å². The minimum atomic E-state index is -0.280. The molecule has 0 aromatic heterocycles. The molecule has 0 amide bonds. The zero-order chi connectivity index (χ0) is 3.33. The number of hydrogen-bond acceptors (Lipinski definition) is 0. The van der Waals surface area contributed by atoms with E-state index >= 15 is 0 Å². The van der Waals surface area contributed by atoms with Gasteiger partial charge in [-0.05, 0) is 0 Å². The van der Waals surface area contributed by atoms with Crippen LogP contribution in [0.5, 0.6) is 0 Å². The molecule has 0 radical (unpaired) electrons. The first-order valence-corrected chi connectivity index (χ1v) is 6.58. The van der Waals surface area contributed by atoms with Gasteiger partial charge in [-0.15, -0.1) is 12.4 Å². The van der Waals surface area contributed by atoms with E-state index in [1.54, 1.807) is 20.1 Å². The molecule has 6 heavy (non-hydrogen) atoms. The van der Waals surface area contributed by atoms with E-state index in [0.29, 0.717) is 0 Å². The quantitative estimate of drug-likeness (QED) is 0.520. The van der Waals surface area contributed by atoms with Gasteiger partial charge in [-0.1, -0.05) is 0 Å². The summed E-state index contributed by atoms with van der Waals surface area (Å²) in [4.78, 5) is 0. The second kappa shape index (κ2) is 1.20. The van der Waals surface area contributed by atoms with Crippen molar-refractivity contribution in [1.82, 2.24) is 0 Å². The maximum absolute atomic E-state index is 1.72. The molecular weight excluding hydrogens is 186 g/mol. The second-order valence-corrected chi connectivity index (χ2v) is 9.86. The molecule has 2 rings (SSSR count). The zero-order valence-electron chi connectivity index (χ0n) is 3.57. The van der Waals surface area contributed by atoms with Crippen LogP contribution in [-0.2, 0) is 14.8 Å². The van der Waals surface area contributed by atoms with Gasteiger partial charge in [0, 0.05) is 0 Å². The van der Waals surface area contributed by atoms with Gasteiger partial charge in [0.2, 0.25) is 0 Å². The molecule has 2 heterocycles. The summed E-state index contributed by atoms with van der Waals surface area (Å²) in [6.07, 6.45) is 0. The van der Waals surface area contributed by atoms with Crippen LogP contribution in [0.4, 0.5) is 0 Å². The second-order valence-electron chi connectivity index (χ2n) is 1.67. The van der Waals surface area contributed by atoms with Crippen LogP contribution < -0.4 is 0 Å². The molecule has 0 N–H and O–H groups in total. The van der Waals surface area contributed by atoms with E-state index in [-0.39, 0.29) is 27.2 Å². The van der Waals surface area contributed by atoms with E-state index in [1.807, 2.05) is 0 Å². The van der Waals surface area contributed by atoms with Crippen LogP contribution in [0.1, 0.15) is 0 Å². The molecule has 2 heteroatoms. The van der Waals surface area contributed by atoms with Crippen LogP contribution in [0.3, 0.4) is 0 Å². The van der Waals surface area contributed by atoms with E-state index in [0.717, 1.165) is 0 Å². The SMILES string of the molecule is Cl.[CH2]1[CH2][Rh]12[CH2][CH2]2. The first-order chi connectivity index (χ1) is 2.41. The number of rotatable bonds is 0. The summed E-state index contributed by atoms with van der Waals surface area (Å²) in [5, 5.41) is 6.89. The fraction of sp³-hybridized carbons (Fsp3) is 1.00. The van der Waals surface area contributed by atoms with Gasteiger partial charge in [-0.25, -0.2) is 0 Å². The Morgan fingerprint density at radius 1 is 0.833 bits per heavy atom. The molecular formula is C4H9ClRh. The summed E-state index contributed by atoms with van der Waals surface area (Å²) in [6.45, 7) is 0. The van der Waals surface area contributed by atoms with Crippen LogP contribution in [0, 0.1) is 0 Å². The fourth-order valence-electron chi connectivity index (χ4n) is 0.490. The van der Waals surface area contributed by atoms with E-state index < -0.39 is 0 Å². The summed E-state index contributed by atoms with van der Waals surface area (Å²) in [5.74, 6) is 0. The Labute approximate surface area is 47.5 Å². The molecule has 0 nitrogen and oxygen atoms in total. The Kier molecular flexibility index (Phi) is 1.01. The summed E-state index contributed by atoms with van der Waals surface area (Å²) in [6, 6.07) is 0. The minimum absolute atomic E-state index is 0. The average molecular weight is 195 g/mol. The van der Waals surface area contributed by atoms with E-state index in [4.69, 9.17) is 0 Å². The van der Waals surface area contributed by atoms with E-state index in [1.165, 1.54) is 0 Å². The van der Waals surface area contributed by atoms with E-state index in [9.17, 15) is 0 Å². The molecule has 0 aliphatic carbocycles. The standard InChI is InChI=1S/2C2H4.ClH.Rh/c2*1-2;;/h2*1-2H2;1H;. The Bertz CT molecular complexity index is 50.4. The van der Waals surface area contributed by atoms with Crippen molar-refractivity contribution in [3.8, 4) is 0 Å². The van der Waals surface area contributed by atoms with Gasteiger partial charge in [-0.2, -0.15) is 0 Å². The topological polar surface area (TPSA) is 0 Å². The van der Waals surface area contributed by atoms with Crippen LogP contribution >= 0.6 is 12.4 Å². The summed E-state index contributed by atoms with van der Waals surface area (Å²) < 4.78 is 0. The van der Waals surface area contributed by atoms with Gasteiger partial charge in [0.1, 0.15) is 0 Å². The van der Waals surface area contributed by atoms with Crippen LogP contribution in [0.15, 0.2) is 0 Å². The maximum atomic E-state index is 1.72. The molecule has 2 fully saturated rings. The molecule has 0 bridgehead atoms. The van der Waals surface area contributed by atoms with Crippen molar-refractivity contribution in [3.05, 3.63) is 0 Å². The molecule has 1 spiro atoms. The van der Waals surface area contributed by atoms with Gasteiger partial charge in [0.15, 0.2) is 0 Å². The molecule has 0 unspecified atom stereocenters. The molecule has 0 atom stereocenters. The number of hydrogen-bond donors (Lipinski definition) is 0. The van der Waals surface area contributed by atoms with Crippen molar-refractivity contribution < 1.29 is 14.8 Å². The molecule has 0 aromatic rings. The normalized spacial score (nSPS) is 37.3. The Morgan fingerprint density at radius 2 is 1.17 bits per heavy atom. The number of halogens is 1. The predicted octanol–water partition coefficient (Wildman–Crippen LogP) is 2.26. The Balaban J connectivity index is 0.000000180. The zero-order valence-corrected chi connectivity index (χ0v) is 6.03. The van der Waals surface area contributed by atoms with Crippen LogP contribution in [0.25, 0.3) is 0 Å². The third-order valence-corrected chi connectivity index (χ3v) is 7.55. The molecule has 0 saturated carbocycles. The van der Waals surface area contributed by atoms with Crippen molar-refractivity contribution in [2.45, 2.75) is 20.1 Å². The van der Waals surface area contributed by atoms with Gasteiger partial charge >= 0.3 is 34.8 Å². The Morgan fingerprint density at radius 3 is 1.17 bits per heavy atom. The third kappa shape index (κ3) is 0.632. The summed E-state index contributed by atoms with van der Waals surface area (Å²) >= 11 is -0.280. The van der Waals surface area contributed by atoms with Gasteiger partial charge in [0.25, 0.3) is 0 Å². The van der Waals surface area contributed by atoms with Crippen molar-refractivity contribution in [2.24, 2.45) is 0 Å². The van der Waals surface area contributed by atoms with Crippen molar-refractivity contribution >= 4 is 12.4 Å². The van der Waals surface area contributed by atoms with Crippen LogP contribution in [-0.4, -0.2) is 0 Å². The molecule has 41 valence electrons. The first-order valence-electron chi connectivity index (χ1n) is 1.94. The third-order valence-electron chi connectivity index (χ3n) is 1.28. The molecule has 2 aliphatic rings. The average Bonchev–Trinajstić information content (AvgIpc) is 2.17. The fourth-order valence-corrected chi connectivity index (χ4v) is 7.47. The predicted molar refractivity (Wildman–Crippen MR) is 26.5 cm³/mol. The van der Waals surface area contributed by atoms with Crippen molar-refractivity contribution in [1.29, 1.82) is 0 Å². The van der Waals surface area contributed by atoms with Crippen molar-refractivity contribution in [3.63, 3.8) is 0 Å². The molecule has 2 aliphatic heterocycles. The van der Waals surface area contributed by atoms with Gasteiger partial charge in [-0.3, -0.25) is 0 Å². The summed E-state index contributed by atoms with van der Waals surface area (Å²) in [5.41, 5.74) is 0. The Hall–Kier alpha value is 0.913. The van der Waals surface area contributed by atoms with Gasteiger partial charge in [0.05, 0.1) is 0 Å². The summed E-state index contributed by atoms with van der Waals surface area (Å²) in [7, 11) is 0. The first kappa shape index (κ1) is 5.06. The van der Waals surface area contributed by atoms with Crippen LogP contribution in [0.2, 0.25) is 20.1 Å². The molecule has 2 saturated heterocycles. The van der Waals surface area contributed by atoms with Crippen molar-refractivity contribution in [2.75, 3.05) is 0 Å².